The van der Waals surface area contributed by atoms with Crippen molar-refractivity contribution >= 4 is 5.97 Å². The number of benzene rings is 2. The van der Waals surface area contributed by atoms with Crippen LogP contribution in [-0.2, 0) is 23.7 Å². The average molecular weight is 412 g/mol. The number of carbonyl (C=O) groups is 1. The molecule has 2 aliphatic rings. The van der Waals surface area contributed by atoms with Crippen LogP contribution in [0, 0.1) is 0 Å². The molecule has 2 aliphatic heterocycles. The molecule has 2 heterocycles. The third-order valence-corrected chi connectivity index (χ3v) is 5.01. The number of aliphatic hydroxyl groups is 1. The van der Waals surface area contributed by atoms with E-state index in [1.807, 2.05) is 30.3 Å². The van der Waals surface area contributed by atoms with Gasteiger partial charge in [0.15, 0.2) is 18.7 Å². The predicted octanol–water partition coefficient (Wildman–Crippen LogP) is 2.61. The molecule has 0 aliphatic carbocycles. The zero-order valence-electron chi connectivity index (χ0n) is 16.3. The third kappa shape index (κ3) is 4.45. The first-order chi connectivity index (χ1) is 14.7. The zero-order valence-corrected chi connectivity index (χ0v) is 16.3. The van der Waals surface area contributed by atoms with E-state index in [0.717, 1.165) is 5.56 Å². The molecule has 0 radical (unpaired) electrons. The fourth-order valence-corrected chi connectivity index (χ4v) is 3.54. The van der Waals surface area contributed by atoms with Gasteiger partial charge in [-0.15, -0.1) is 6.58 Å². The van der Waals surface area contributed by atoms with E-state index in [9.17, 15) is 9.90 Å². The van der Waals surface area contributed by atoms with Gasteiger partial charge in [0.25, 0.3) is 0 Å². The Bertz CT molecular complexity index is 841. The molecule has 7 heteroatoms. The van der Waals surface area contributed by atoms with Crippen molar-refractivity contribution in [1.82, 2.24) is 0 Å². The number of ether oxygens (including phenoxy) is 5. The Morgan fingerprint density at radius 1 is 1.10 bits per heavy atom. The number of carbonyl (C=O) groups excluding carboxylic acids is 1. The van der Waals surface area contributed by atoms with Crippen LogP contribution < -0.4 is 0 Å². The smallest absolute Gasteiger partial charge is 0.338 e. The molecule has 0 aromatic heterocycles. The van der Waals surface area contributed by atoms with Crippen molar-refractivity contribution in [3.8, 4) is 0 Å². The number of esters is 1. The Morgan fingerprint density at radius 2 is 1.80 bits per heavy atom. The van der Waals surface area contributed by atoms with Gasteiger partial charge in [-0.25, -0.2) is 4.79 Å². The monoisotopic (exact) mass is 412 g/mol. The molecule has 2 aromatic carbocycles. The van der Waals surface area contributed by atoms with Gasteiger partial charge in [-0.05, 0) is 12.1 Å². The van der Waals surface area contributed by atoms with Crippen LogP contribution >= 0.6 is 0 Å². The summed E-state index contributed by atoms with van der Waals surface area (Å²) in [5.74, 6) is -0.561. The fraction of sp³-hybridized carbons (Fsp3) is 0.348. The van der Waals surface area contributed by atoms with E-state index < -0.39 is 43.0 Å². The molecular formula is C23H24O7. The summed E-state index contributed by atoms with van der Waals surface area (Å²) in [5.41, 5.74) is 1.20. The van der Waals surface area contributed by atoms with E-state index in [4.69, 9.17) is 23.7 Å². The maximum atomic E-state index is 12.7. The van der Waals surface area contributed by atoms with Gasteiger partial charge in [-0.2, -0.15) is 0 Å². The molecule has 0 saturated carbocycles. The number of hydrogen-bond acceptors (Lipinski definition) is 7. The van der Waals surface area contributed by atoms with Crippen LogP contribution in [0.25, 0.3) is 0 Å². The van der Waals surface area contributed by atoms with Gasteiger partial charge in [-0.1, -0.05) is 54.6 Å². The highest BCUT2D eigenvalue weighted by atomic mass is 16.8. The Labute approximate surface area is 174 Å². The summed E-state index contributed by atoms with van der Waals surface area (Å²) in [6.45, 7) is 3.98. The molecule has 30 heavy (non-hydrogen) atoms. The number of hydrogen-bond donors (Lipinski definition) is 1. The second-order valence-electron chi connectivity index (χ2n) is 7.07. The molecule has 0 amide bonds. The number of fused-ring (bicyclic) bond motifs is 1. The lowest BCUT2D eigenvalue weighted by molar-refractivity contribution is -0.359. The predicted molar refractivity (Wildman–Crippen MR) is 106 cm³/mol. The standard InChI is InChI=1S/C23H24O7/c1-2-13-26-23-18(24)20(29-21(25)15-9-5-3-6-10-15)19-17(28-23)14-27-22(30-19)16-11-7-4-8-12-16/h2-12,17-20,22-24H,1,13-14H2/t17-,18-,19-,20-,22?,23+/m1/s1. The minimum Gasteiger partial charge on any atom is -0.453 e. The number of aliphatic hydroxyl groups excluding tert-OH is 1. The molecule has 2 aromatic rings. The Morgan fingerprint density at radius 3 is 2.50 bits per heavy atom. The Balaban J connectivity index is 1.56. The van der Waals surface area contributed by atoms with Gasteiger partial charge in [0.05, 0.1) is 18.8 Å². The fourth-order valence-electron chi connectivity index (χ4n) is 3.54. The molecular weight excluding hydrogens is 388 g/mol. The summed E-state index contributed by atoms with van der Waals surface area (Å²) < 4.78 is 29.0. The van der Waals surface area contributed by atoms with Crippen LogP contribution in [0.2, 0.25) is 0 Å². The van der Waals surface area contributed by atoms with Crippen molar-refractivity contribution in [2.75, 3.05) is 13.2 Å². The second-order valence-corrected chi connectivity index (χ2v) is 7.07. The summed E-state index contributed by atoms with van der Waals surface area (Å²) in [5, 5.41) is 10.9. The molecule has 4 rings (SSSR count). The van der Waals surface area contributed by atoms with E-state index in [-0.39, 0.29) is 13.2 Å². The second kappa shape index (κ2) is 9.51. The molecule has 7 nitrogen and oxygen atoms in total. The van der Waals surface area contributed by atoms with E-state index in [1.165, 1.54) is 0 Å². The first-order valence-electron chi connectivity index (χ1n) is 9.81. The van der Waals surface area contributed by atoms with Gasteiger partial charge >= 0.3 is 5.97 Å². The molecule has 0 bridgehead atoms. The summed E-state index contributed by atoms with van der Waals surface area (Å²) in [6, 6.07) is 18.0. The van der Waals surface area contributed by atoms with Gasteiger partial charge < -0.3 is 28.8 Å². The minimum absolute atomic E-state index is 0.173. The van der Waals surface area contributed by atoms with Gasteiger partial charge in [0.2, 0.25) is 0 Å². The zero-order chi connectivity index (χ0) is 20.9. The van der Waals surface area contributed by atoms with Crippen LogP contribution in [0.1, 0.15) is 22.2 Å². The lowest BCUT2D eigenvalue weighted by Gasteiger charge is -2.47. The van der Waals surface area contributed by atoms with Crippen molar-refractivity contribution in [2.45, 2.75) is 37.0 Å². The van der Waals surface area contributed by atoms with Crippen LogP contribution in [0.5, 0.6) is 0 Å². The summed E-state index contributed by atoms with van der Waals surface area (Å²) in [7, 11) is 0. The first kappa shape index (κ1) is 20.7. The summed E-state index contributed by atoms with van der Waals surface area (Å²) in [4.78, 5) is 12.7. The molecule has 1 unspecified atom stereocenters. The molecule has 6 atom stereocenters. The van der Waals surface area contributed by atoms with Gasteiger partial charge in [-0.3, -0.25) is 0 Å². The maximum absolute atomic E-state index is 12.7. The highest BCUT2D eigenvalue weighted by molar-refractivity contribution is 5.89. The van der Waals surface area contributed by atoms with Crippen LogP contribution in [0.3, 0.4) is 0 Å². The largest absolute Gasteiger partial charge is 0.453 e. The highest BCUT2D eigenvalue weighted by Gasteiger charge is 2.52. The van der Waals surface area contributed by atoms with Gasteiger partial charge in [0.1, 0.15) is 18.3 Å². The van der Waals surface area contributed by atoms with Crippen molar-refractivity contribution in [1.29, 1.82) is 0 Å². The van der Waals surface area contributed by atoms with Crippen molar-refractivity contribution in [2.24, 2.45) is 0 Å². The summed E-state index contributed by atoms with van der Waals surface area (Å²) in [6.07, 6.45) is -3.65. The third-order valence-electron chi connectivity index (χ3n) is 5.01. The molecule has 2 fully saturated rings. The Hall–Kier alpha value is -2.55. The van der Waals surface area contributed by atoms with Crippen LogP contribution in [0.15, 0.2) is 73.3 Å². The molecule has 1 N–H and O–H groups in total. The van der Waals surface area contributed by atoms with Crippen molar-refractivity contribution in [3.05, 3.63) is 84.4 Å². The number of rotatable bonds is 6. The van der Waals surface area contributed by atoms with Crippen molar-refractivity contribution < 1.29 is 33.6 Å². The van der Waals surface area contributed by atoms with E-state index in [0.29, 0.717) is 5.56 Å². The lowest BCUT2D eigenvalue weighted by Crippen LogP contribution is -2.63. The van der Waals surface area contributed by atoms with Crippen LogP contribution in [-0.4, -0.2) is 55.0 Å². The average Bonchev–Trinajstić information content (AvgIpc) is 2.80. The van der Waals surface area contributed by atoms with Gasteiger partial charge in [0, 0.05) is 5.56 Å². The molecule has 2 saturated heterocycles. The summed E-state index contributed by atoms with van der Waals surface area (Å²) >= 11 is 0. The quantitative estimate of drug-likeness (QED) is 0.577. The lowest BCUT2D eigenvalue weighted by atomic mass is 9.97. The van der Waals surface area contributed by atoms with E-state index >= 15 is 0 Å². The first-order valence-corrected chi connectivity index (χ1v) is 9.81. The molecule has 0 spiro atoms. The van der Waals surface area contributed by atoms with Crippen LogP contribution in [0.4, 0.5) is 0 Å². The van der Waals surface area contributed by atoms with E-state index in [1.54, 1.807) is 36.4 Å². The van der Waals surface area contributed by atoms with Crippen molar-refractivity contribution in [3.63, 3.8) is 0 Å². The SMILES string of the molecule is C=CCO[C@H]1O[C@@H]2COC(c3ccccc3)O[C@H]2[C@H](OC(=O)c2ccccc2)[C@H]1O. The maximum Gasteiger partial charge on any atom is 0.338 e. The molecule has 158 valence electrons. The highest BCUT2D eigenvalue weighted by Crippen LogP contribution is 2.35. The normalized spacial score (nSPS) is 30.8. The van der Waals surface area contributed by atoms with E-state index in [2.05, 4.69) is 6.58 Å². The topological polar surface area (TPSA) is 83.5 Å². The Kier molecular flexibility index (Phi) is 6.56. The minimum atomic E-state index is -1.24.